The van der Waals surface area contributed by atoms with E-state index in [2.05, 4.69) is 9.50 Å². The SMILES string of the molecule is NS(=O)(=O)Oc1ccc(NC(=O)C2CCCCC2)cc1. The molecule has 0 atom stereocenters. The van der Waals surface area contributed by atoms with Crippen LogP contribution >= 0.6 is 0 Å². The fraction of sp³-hybridized carbons (Fsp3) is 0.462. The highest BCUT2D eigenvalue weighted by atomic mass is 32.2. The molecule has 1 aliphatic rings. The maximum atomic E-state index is 12.0. The second-order valence-electron chi connectivity index (χ2n) is 4.92. The van der Waals surface area contributed by atoms with Gasteiger partial charge in [-0.2, -0.15) is 13.6 Å². The molecule has 1 aromatic carbocycles. The molecule has 2 rings (SSSR count). The van der Waals surface area contributed by atoms with Crippen molar-refractivity contribution in [3.05, 3.63) is 24.3 Å². The van der Waals surface area contributed by atoms with Crippen molar-refractivity contribution in [2.45, 2.75) is 32.1 Å². The highest BCUT2D eigenvalue weighted by Gasteiger charge is 2.20. The number of carbonyl (C=O) groups excluding carboxylic acids is 1. The van der Waals surface area contributed by atoms with E-state index in [9.17, 15) is 13.2 Å². The van der Waals surface area contributed by atoms with E-state index in [1.165, 1.54) is 18.6 Å². The Morgan fingerprint density at radius 1 is 1.15 bits per heavy atom. The predicted octanol–water partition coefficient (Wildman–Crippen LogP) is 1.79. The zero-order valence-electron chi connectivity index (χ0n) is 11.0. The average molecular weight is 298 g/mol. The molecule has 1 aliphatic carbocycles. The van der Waals surface area contributed by atoms with E-state index >= 15 is 0 Å². The van der Waals surface area contributed by atoms with Gasteiger partial charge in [-0.1, -0.05) is 19.3 Å². The van der Waals surface area contributed by atoms with E-state index in [1.54, 1.807) is 12.1 Å². The highest BCUT2D eigenvalue weighted by molar-refractivity contribution is 7.84. The molecule has 0 bridgehead atoms. The summed E-state index contributed by atoms with van der Waals surface area (Å²) in [5.74, 6) is 0.206. The van der Waals surface area contributed by atoms with Crippen LogP contribution in [0.25, 0.3) is 0 Å². The van der Waals surface area contributed by atoms with Crippen LogP contribution in [-0.4, -0.2) is 14.3 Å². The largest absolute Gasteiger partial charge is 0.380 e. The molecule has 0 heterocycles. The first kappa shape index (κ1) is 14.8. The molecular weight excluding hydrogens is 280 g/mol. The number of amides is 1. The Balaban J connectivity index is 1.94. The van der Waals surface area contributed by atoms with Crippen molar-refractivity contribution in [1.82, 2.24) is 0 Å². The molecule has 6 nitrogen and oxygen atoms in total. The summed E-state index contributed by atoms with van der Waals surface area (Å²) in [6.07, 6.45) is 5.25. The Kier molecular flexibility index (Phi) is 4.61. The van der Waals surface area contributed by atoms with Gasteiger partial charge in [0.25, 0.3) is 0 Å². The summed E-state index contributed by atoms with van der Waals surface area (Å²) in [4.78, 5) is 12.0. The minimum absolute atomic E-state index is 0.0183. The number of rotatable bonds is 4. The molecule has 20 heavy (non-hydrogen) atoms. The van der Waals surface area contributed by atoms with Crippen molar-refractivity contribution in [3.8, 4) is 5.75 Å². The Bertz CT molecular complexity index is 563. The lowest BCUT2D eigenvalue weighted by Gasteiger charge is -2.20. The van der Waals surface area contributed by atoms with Crippen LogP contribution in [0.2, 0.25) is 0 Å². The summed E-state index contributed by atoms with van der Waals surface area (Å²) in [5.41, 5.74) is 0.613. The molecule has 0 spiro atoms. The Morgan fingerprint density at radius 2 is 1.75 bits per heavy atom. The lowest BCUT2D eigenvalue weighted by atomic mass is 9.88. The van der Waals surface area contributed by atoms with Crippen LogP contribution in [0.3, 0.4) is 0 Å². The lowest BCUT2D eigenvalue weighted by Crippen LogP contribution is -2.24. The summed E-state index contributed by atoms with van der Waals surface area (Å²) in [6.45, 7) is 0. The highest BCUT2D eigenvalue weighted by Crippen LogP contribution is 2.25. The smallest absolute Gasteiger partial charge is 0.371 e. The molecule has 1 amide bonds. The maximum Gasteiger partial charge on any atom is 0.380 e. The molecule has 1 saturated carbocycles. The minimum Gasteiger partial charge on any atom is -0.371 e. The Labute approximate surface area is 118 Å². The standard InChI is InChI=1S/C13H18N2O4S/c14-20(17,18)19-12-8-6-11(7-9-12)15-13(16)10-4-2-1-3-5-10/h6-10H,1-5H2,(H,15,16)(H2,14,17,18). The number of nitrogens with two attached hydrogens (primary N) is 1. The van der Waals surface area contributed by atoms with Crippen LogP contribution in [-0.2, 0) is 15.1 Å². The second kappa shape index (κ2) is 6.23. The number of anilines is 1. The van der Waals surface area contributed by atoms with Gasteiger partial charge in [0.05, 0.1) is 0 Å². The number of hydrogen-bond acceptors (Lipinski definition) is 4. The van der Waals surface area contributed by atoms with E-state index in [-0.39, 0.29) is 17.6 Å². The number of hydrogen-bond donors (Lipinski definition) is 2. The quantitative estimate of drug-likeness (QED) is 0.885. The van der Waals surface area contributed by atoms with Crippen molar-refractivity contribution in [1.29, 1.82) is 0 Å². The third-order valence-corrected chi connectivity index (χ3v) is 3.73. The lowest BCUT2D eigenvalue weighted by molar-refractivity contribution is -0.120. The molecule has 110 valence electrons. The van der Waals surface area contributed by atoms with Gasteiger partial charge in [-0.15, -0.1) is 0 Å². The van der Waals surface area contributed by atoms with Crippen LogP contribution in [0.4, 0.5) is 5.69 Å². The van der Waals surface area contributed by atoms with Crippen molar-refractivity contribution in [2.75, 3.05) is 5.32 Å². The van der Waals surface area contributed by atoms with Crippen molar-refractivity contribution >= 4 is 21.9 Å². The van der Waals surface area contributed by atoms with E-state index in [4.69, 9.17) is 5.14 Å². The summed E-state index contributed by atoms with van der Waals surface area (Å²) in [7, 11) is -4.02. The van der Waals surface area contributed by atoms with Crippen molar-refractivity contribution in [3.63, 3.8) is 0 Å². The first-order valence-corrected chi connectivity index (χ1v) is 8.04. The van der Waals surface area contributed by atoms with Gasteiger partial charge in [0, 0.05) is 11.6 Å². The minimum atomic E-state index is -4.02. The van der Waals surface area contributed by atoms with Crippen LogP contribution in [0.1, 0.15) is 32.1 Å². The normalized spacial score (nSPS) is 16.6. The van der Waals surface area contributed by atoms with Gasteiger partial charge < -0.3 is 9.50 Å². The van der Waals surface area contributed by atoms with Crippen molar-refractivity contribution in [2.24, 2.45) is 11.1 Å². The van der Waals surface area contributed by atoms with Gasteiger partial charge in [-0.3, -0.25) is 4.79 Å². The molecule has 0 aromatic heterocycles. The summed E-state index contributed by atoms with van der Waals surface area (Å²) < 4.78 is 26.0. The van der Waals surface area contributed by atoms with Gasteiger partial charge in [-0.25, -0.2) is 0 Å². The van der Waals surface area contributed by atoms with Crippen molar-refractivity contribution < 1.29 is 17.4 Å². The Morgan fingerprint density at radius 3 is 2.30 bits per heavy atom. The van der Waals surface area contributed by atoms with E-state index in [0.717, 1.165) is 25.7 Å². The zero-order valence-corrected chi connectivity index (χ0v) is 11.9. The molecule has 1 fully saturated rings. The summed E-state index contributed by atoms with van der Waals surface area (Å²) in [5, 5.41) is 7.59. The van der Waals surface area contributed by atoms with Crippen LogP contribution in [0.5, 0.6) is 5.75 Å². The monoisotopic (exact) mass is 298 g/mol. The predicted molar refractivity (Wildman–Crippen MR) is 75.4 cm³/mol. The molecule has 7 heteroatoms. The number of nitrogens with one attached hydrogen (secondary N) is 1. The number of carbonyl (C=O) groups is 1. The third-order valence-electron chi connectivity index (χ3n) is 3.31. The molecule has 0 unspecified atom stereocenters. The van der Waals surface area contributed by atoms with E-state index in [0.29, 0.717) is 5.69 Å². The molecule has 0 radical (unpaired) electrons. The average Bonchev–Trinajstić information content (AvgIpc) is 2.40. The topological polar surface area (TPSA) is 98.5 Å². The van der Waals surface area contributed by atoms with Crippen LogP contribution < -0.4 is 14.6 Å². The second-order valence-corrected chi connectivity index (χ2v) is 6.08. The molecule has 1 aromatic rings. The van der Waals surface area contributed by atoms with Gasteiger partial charge in [0.1, 0.15) is 5.75 Å². The van der Waals surface area contributed by atoms with Gasteiger partial charge in [0.15, 0.2) is 0 Å². The molecular formula is C13H18N2O4S. The van der Waals surface area contributed by atoms with Crippen LogP contribution in [0, 0.1) is 5.92 Å². The van der Waals surface area contributed by atoms with Gasteiger partial charge in [0.2, 0.25) is 5.91 Å². The zero-order chi connectivity index (χ0) is 14.6. The van der Waals surface area contributed by atoms with Gasteiger partial charge in [-0.05, 0) is 37.1 Å². The third kappa shape index (κ3) is 4.50. The molecule has 0 aliphatic heterocycles. The summed E-state index contributed by atoms with van der Waals surface area (Å²) in [6, 6.07) is 6.06. The number of benzene rings is 1. The maximum absolute atomic E-state index is 12.0. The summed E-state index contributed by atoms with van der Waals surface area (Å²) >= 11 is 0. The Hall–Kier alpha value is -1.60. The molecule has 3 N–H and O–H groups in total. The first-order chi connectivity index (χ1) is 9.44. The molecule has 0 saturated heterocycles. The van der Waals surface area contributed by atoms with Gasteiger partial charge >= 0.3 is 10.3 Å². The first-order valence-electron chi connectivity index (χ1n) is 6.57. The van der Waals surface area contributed by atoms with Crippen LogP contribution in [0.15, 0.2) is 24.3 Å². The van der Waals surface area contributed by atoms with E-state index in [1.807, 2.05) is 0 Å². The fourth-order valence-corrected chi connectivity index (χ4v) is 2.72. The fourth-order valence-electron chi connectivity index (χ4n) is 2.34. The van der Waals surface area contributed by atoms with E-state index < -0.39 is 10.3 Å².